The van der Waals surface area contributed by atoms with Crippen molar-refractivity contribution < 1.29 is 14.3 Å². The summed E-state index contributed by atoms with van der Waals surface area (Å²) in [6, 6.07) is 17.6. The van der Waals surface area contributed by atoms with Crippen LogP contribution in [0, 0.1) is 13.8 Å². The van der Waals surface area contributed by atoms with Crippen molar-refractivity contribution in [2.24, 2.45) is 0 Å². The lowest BCUT2D eigenvalue weighted by molar-refractivity contribution is 0.0529. The number of carbonyl (C=O) groups is 2. The Balaban J connectivity index is 1.72. The van der Waals surface area contributed by atoms with E-state index in [0.717, 1.165) is 32.1 Å². The van der Waals surface area contributed by atoms with Crippen molar-refractivity contribution in [3.05, 3.63) is 81.8 Å². The fourth-order valence-electron chi connectivity index (χ4n) is 3.33. The van der Waals surface area contributed by atoms with Gasteiger partial charge in [-0.15, -0.1) is 22.7 Å². The number of thiazole rings is 1. The zero-order valence-corrected chi connectivity index (χ0v) is 19.6. The number of carbonyl (C=O) groups excluding carboxylic acids is 2. The molecule has 5 nitrogen and oxygen atoms in total. The molecule has 2 aromatic heterocycles. The first-order valence-electron chi connectivity index (χ1n) is 10.2. The minimum absolute atomic E-state index is 0.249. The first-order valence-corrected chi connectivity index (χ1v) is 11.9. The number of anilines is 1. The van der Waals surface area contributed by atoms with E-state index in [-0.39, 0.29) is 12.5 Å². The molecule has 2 heterocycles. The standard InChI is InChI=1S/C25H22N2O3S2/c1-4-30-25(29)20-19(17-12-10-15(2)11-13-17)14-31-24(20)27-23(28)21-22(32-16(3)26-21)18-8-6-5-7-9-18/h5-14H,4H2,1-3H3,(H,27,28). The van der Waals surface area contributed by atoms with Crippen LogP contribution in [0.15, 0.2) is 60.0 Å². The van der Waals surface area contributed by atoms with E-state index < -0.39 is 5.97 Å². The summed E-state index contributed by atoms with van der Waals surface area (Å²) in [5.74, 6) is -0.812. The SMILES string of the molecule is CCOC(=O)c1c(-c2ccc(C)cc2)csc1NC(=O)c1nc(C)sc1-c1ccccc1. The van der Waals surface area contributed by atoms with Gasteiger partial charge < -0.3 is 10.1 Å². The number of hydrogen-bond donors (Lipinski definition) is 1. The van der Waals surface area contributed by atoms with E-state index in [0.29, 0.717) is 16.3 Å². The van der Waals surface area contributed by atoms with E-state index in [2.05, 4.69) is 10.3 Å². The molecule has 2 aromatic carbocycles. The van der Waals surface area contributed by atoms with E-state index in [4.69, 9.17) is 4.74 Å². The Kier molecular flexibility index (Phi) is 6.48. The van der Waals surface area contributed by atoms with Gasteiger partial charge >= 0.3 is 5.97 Å². The van der Waals surface area contributed by atoms with Crippen molar-refractivity contribution in [1.82, 2.24) is 4.98 Å². The van der Waals surface area contributed by atoms with Crippen LogP contribution >= 0.6 is 22.7 Å². The molecule has 0 bridgehead atoms. The Labute approximate surface area is 194 Å². The predicted molar refractivity (Wildman–Crippen MR) is 131 cm³/mol. The summed E-state index contributed by atoms with van der Waals surface area (Å²) in [5.41, 5.74) is 4.40. The summed E-state index contributed by atoms with van der Waals surface area (Å²) in [6.07, 6.45) is 0. The lowest BCUT2D eigenvalue weighted by atomic mass is 10.0. The minimum atomic E-state index is -0.461. The zero-order chi connectivity index (χ0) is 22.7. The molecule has 162 valence electrons. The second-order valence-corrected chi connectivity index (χ2v) is 9.25. The molecule has 0 aliphatic heterocycles. The summed E-state index contributed by atoms with van der Waals surface area (Å²) in [5, 5.41) is 6.04. The zero-order valence-electron chi connectivity index (χ0n) is 18.0. The van der Waals surface area contributed by atoms with Crippen LogP contribution in [-0.2, 0) is 4.74 Å². The average Bonchev–Trinajstić information content (AvgIpc) is 3.39. The Hall–Kier alpha value is -3.29. The number of nitrogens with zero attached hydrogens (tertiary/aromatic N) is 1. The van der Waals surface area contributed by atoms with Crippen LogP contribution in [0.4, 0.5) is 5.00 Å². The average molecular weight is 463 g/mol. The van der Waals surface area contributed by atoms with Gasteiger partial charge in [-0.25, -0.2) is 9.78 Å². The number of hydrogen-bond acceptors (Lipinski definition) is 6. The maximum absolute atomic E-state index is 13.2. The first kappa shape index (κ1) is 21.9. The number of rotatable bonds is 6. The number of nitrogens with one attached hydrogen (secondary N) is 1. The second kappa shape index (κ2) is 9.46. The van der Waals surface area contributed by atoms with E-state index in [1.54, 1.807) is 6.92 Å². The van der Waals surface area contributed by atoms with Crippen molar-refractivity contribution in [1.29, 1.82) is 0 Å². The molecule has 0 saturated carbocycles. The number of benzene rings is 2. The lowest BCUT2D eigenvalue weighted by Crippen LogP contribution is -2.16. The largest absolute Gasteiger partial charge is 0.462 e. The van der Waals surface area contributed by atoms with Crippen molar-refractivity contribution in [3.8, 4) is 21.6 Å². The van der Waals surface area contributed by atoms with Gasteiger partial charge in [-0.2, -0.15) is 0 Å². The molecule has 0 aliphatic rings. The maximum Gasteiger partial charge on any atom is 0.341 e. The van der Waals surface area contributed by atoms with Crippen molar-refractivity contribution in [2.45, 2.75) is 20.8 Å². The van der Waals surface area contributed by atoms with Gasteiger partial charge in [0.05, 0.1) is 16.5 Å². The summed E-state index contributed by atoms with van der Waals surface area (Å²) < 4.78 is 5.30. The number of ether oxygens (including phenoxy) is 1. The fourth-order valence-corrected chi connectivity index (χ4v) is 5.20. The van der Waals surface area contributed by atoms with Gasteiger partial charge in [-0.3, -0.25) is 4.79 Å². The van der Waals surface area contributed by atoms with Gasteiger partial charge in [0.15, 0.2) is 0 Å². The van der Waals surface area contributed by atoms with Gasteiger partial charge in [-0.05, 0) is 31.9 Å². The van der Waals surface area contributed by atoms with Crippen LogP contribution in [0.1, 0.15) is 38.3 Å². The van der Waals surface area contributed by atoms with E-state index in [1.807, 2.05) is 73.8 Å². The number of aromatic nitrogens is 1. The van der Waals surface area contributed by atoms with Crippen LogP contribution in [0.25, 0.3) is 21.6 Å². The number of thiophene rings is 1. The Morgan fingerprint density at radius 3 is 2.41 bits per heavy atom. The molecule has 1 amide bonds. The number of esters is 1. The van der Waals surface area contributed by atoms with E-state index >= 15 is 0 Å². The Bertz CT molecular complexity index is 1260. The third kappa shape index (κ3) is 4.49. The summed E-state index contributed by atoms with van der Waals surface area (Å²) in [6.45, 7) is 5.89. The summed E-state index contributed by atoms with van der Waals surface area (Å²) in [4.78, 5) is 31.3. The van der Waals surface area contributed by atoms with Crippen molar-refractivity contribution in [2.75, 3.05) is 11.9 Å². The molecule has 0 fully saturated rings. The second-order valence-electron chi connectivity index (χ2n) is 7.17. The highest BCUT2D eigenvalue weighted by Gasteiger charge is 2.25. The lowest BCUT2D eigenvalue weighted by Gasteiger charge is -2.09. The predicted octanol–water partition coefficient (Wildman–Crippen LogP) is 6.58. The smallest absolute Gasteiger partial charge is 0.341 e. The molecule has 1 N–H and O–H groups in total. The van der Waals surface area contributed by atoms with Crippen LogP contribution < -0.4 is 5.32 Å². The highest BCUT2D eigenvalue weighted by atomic mass is 32.1. The van der Waals surface area contributed by atoms with Crippen LogP contribution in [0.3, 0.4) is 0 Å². The molecular weight excluding hydrogens is 440 g/mol. The number of amides is 1. The molecule has 7 heteroatoms. The third-order valence-electron chi connectivity index (χ3n) is 4.85. The highest BCUT2D eigenvalue weighted by Crippen LogP contribution is 2.37. The molecule has 0 atom stereocenters. The molecule has 0 saturated heterocycles. The first-order chi connectivity index (χ1) is 15.5. The Morgan fingerprint density at radius 1 is 1.00 bits per heavy atom. The molecule has 0 radical (unpaired) electrons. The fraction of sp³-hybridized carbons (Fsp3) is 0.160. The Morgan fingerprint density at radius 2 is 1.72 bits per heavy atom. The minimum Gasteiger partial charge on any atom is -0.462 e. The number of aryl methyl sites for hydroxylation is 2. The summed E-state index contributed by atoms with van der Waals surface area (Å²) >= 11 is 2.77. The maximum atomic E-state index is 13.2. The van der Waals surface area contributed by atoms with E-state index in [9.17, 15) is 9.59 Å². The van der Waals surface area contributed by atoms with Gasteiger partial charge in [-0.1, -0.05) is 60.2 Å². The van der Waals surface area contributed by atoms with Gasteiger partial charge in [0.1, 0.15) is 16.3 Å². The van der Waals surface area contributed by atoms with Crippen molar-refractivity contribution in [3.63, 3.8) is 0 Å². The highest BCUT2D eigenvalue weighted by molar-refractivity contribution is 7.16. The quantitative estimate of drug-likeness (QED) is 0.328. The van der Waals surface area contributed by atoms with E-state index in [1.165, 1.54) is 22.7 Å². The molecule has 4 aromatic rings. The molecule has 4 rings (SSSR count). The molecule has 0 spiro atoms. The third-order valence-corrected chi connectivity index (χ3v) is 6.76. The normalized spacial score (nSPS) is 10.7. The van der Waals surface area contributed by atoms with Crippen LogP contribution in [0.2, 0.25) is 0 Å². The van der Waals surface area contributed by atoms with Gasteiger partial charge in [0.2, 0.25) is 0 Å². The van der Waals surface area contributed by atoms with Crippen molar-refractivity contribution >= 4 is 39.6 Å². The monoisotopic (exact) mass is 462 g/mol. The van der Waals surface area contributed by atoms with Gasteiger partial charge in [0, 0.05) is 10.9 Å². The van der Waals surface area contributed by atoms with Gasteiger partial charge in [0.25, 0.3) is 5.91 Å². The topological polar surface area (TPSA) is 68.3 Å². The van der Waals surface area contributed by atoms with Crippen LogP contribution in [-0.4, -0.2) is 23.5 Å². The molecule has 0 unspecified atom stereocenters. The van der Waals surface area contributed by atoms with Crippen LogP contribution in [0.5, 0.6) is 0 Å². The molecule has 0 aliphatic carbocycles. The molecular formula is C25H22N2O3S2. The molecule has 32 heavy (non-hydrogen) atoms. The summed E-state index contributed by atoms with van der Waals surface area (Å²) in [7, 11) is 0.